The Morgan fingerprint density at radius 3 is 2.35 bits per heavy atom. The number of rotatable bonds is 4. The van der Waals surface area contributed by atoms with Crippen LogP contribution in [0.25, 0.3) is 0 Å². The van der Waals surface area contributed by atoms with Crippen LogP contribution in [0.4, 0.5) is 10.1 Å². The molecule has 0 bridgehead atoms. The van der Waals surface area contributed by atoms with Crippen LogP contribution in [0.15, 0.2) is 47.4 Å². The zero-order chi connectivity index (χ0) is 14.8. The highest BCUT2D eigenvalue weighted by atomic mass is 35.5. The van der Waals surface area contributed by atoms with Crippen LogP contribution in [0.3, 0.4) is 0 Å². The number of hydrogen-bond donors (Lipinski definition) is 1. The Labute approximate surface area is 121 Å². The second-order valence-electron chi connectivity index (χ2n) is 3.91. The summed E-state index contributed by atoms with van der Waals surface area (Å²) in [6.07, 6.45) is 0. The van der Waals surface area contributed by atoms with Gasteiger partial charge in [-0.15, -0.1) is 0 Å². The van der Waals surface area contributed by atoms with Crippen LogP contribution >= 0.6 is 11.6 Å². The van der Waals surface area contributed by atoms with Gasteiger partial charge in [0.2, 0.25) is 0 Å². The monoisotopic (exact) mass is 315 g/mol. The smallest absolute Gasteiger partial charge is 0.261 e. The summed E-state index contributed by atoms with van der Waals surface area (Å²) in [6, 6.07) is 9.45. The Kier molecular flexibility index (Phi) is 4.15. The van der Waals surface area contributed by atoms with Crippen molar-refractivity contribution < 1.29 is 17.5 Å². The number of methoxy groups -OCH3 is 1. The maximum absolute atomic E-state index is 13.6. The lowest BCUT2D eigenvalue weighted by Crippen LogP contribution is -2.13. The molecule has 0 radical (unpaired) electrons. The summed E-state index contributed by atoms with van der Waals surface area (Å²) in [5.41, 5.74) is -0.162. The summed E-state index contributed by atoms with van der Waals surface area (Å²) in [4.78, 5) is 0.00708. The van der Waals surface area contributed by atoms with Crippen LogP contribution in [0.2, 0.25) is 5.02 Å². The second kappa shape index (κ2) is 5.68. The topological polar surface area (TPSA) is 55.4 Å². The summed E-state index contributed by atoms with van der Waals surface area (Å²) < 4.78 is 44.9. The van der Waals surface area contributed by atoms with Crippen LogP contribution in [-0.4, -0.2) is 15.5 Å². The van der Waals surface area contributed by atoms with E-state index < -0.39 is 15.8 Å². The highest BCUT2D eigenvalue weighted by Gasteiger charge is 2.16. The standard InChI is InChI=1S/C13H11ClFNO3S/c1-19-10-3-5-11(6-4-10)20(17,18)16-13-7-2-9(14)8-12(13)15/h2-8,16H,1H3. The number of benzene rings is 2. The molecular weight excluding hydrogens is 305 g/mol. The van der Waals surface area contributed by atoms with E-state index in [0.717, 1.165) is 6.07 Å². The third-order valence-corrected chi connectivity index (χ3v) is 4.16. The number of hydrogen-bond acceptors (Lipinski definition) is 3. The lowest BCUT2D eigenvalue weighted by atomic mass is 10.3. The van der Waals surface area contributed by atoms with Gasteiger partial charge in [-0.2, -0.15) is 0 Å². The van der Waals surface area contributed by atoms with E-state index in [4.69, 9.17) is 16.3 Å². The van der Waals surface area contributed by atoms with Gasteiger partial charge in [0.15, 0.2) is 0 Å². The first kappa shape index (κ1) is 14.6. The molecule has 0 amide bonds. The van der Waals surface area contributed by atoms with Crippen LogP contribution in [0, 0.1) is 5.82 Å². The Morgan fingerprint density at radius 1 is 1.15 bits per heavy atom. The lowest BCUT2D eigenvalue weighted by Gasteiger charge is -2.09. The molecule has 1 N–H and O–H groups in total. The van der Waals surface area contributed by atoms with Crippen molar-refractivity contribution in [3.8, 4) is 5.75 Å². The molecule has 7 heteroatoms. The van der Waals surface area contributed by atoms with Gasteiger partial charge < -0.3 is 4.74 Å². The van der Waals surface area contributed by atoms with Crippen molar-refractivity contribution in [2.75, 3.05) is 11.8 Å². The highest BCUT2D eigenvalue weighted by Crippen LogP contribution is 2.23. The third kappa shape index (κ3) is 3.20. The van der Waals surface area contributed by atoms with Crippen LogP contribution in [-0.2, 0) is 10.0 Å². The normalized spacial score (nSPS) is 11.2. The van der Waals surface area contributed by atoms with Gasteiger partial charge in [-0.05, 0) is 42.5 Å². The lowest BCUT2D eigenvalue weighted by molar-refractivity contribution is 0.414. The van der Waals surface area contributed by atoms with Gasteiger partial charge in [-0.3, -0.25) is 4.72 Å². The fourth-order valence-electron chi connectivity index (χ4n) is 1.53. The Morgan fingerprint density at radius 2 is 1.80 bits per heavy atom. The number of anilines is 1. The van der Waals surface area contributed by atoms with Crippen molar-refractivity contribution in [2.24, 2.45) is 0 Å². The van der Waals surface area contributed by atoms with E-state index in [1.54, 1.807) is 0 Å². The number of halogens is 2. The first-order valence-corrected chi connectivity index (χ1v) is 7.40. The van der Waals surface area contributed by atoms with Crippen molar-refractivity contribution in [1.82, 2.24) is 0 Å². The zero-order valence-electron chi connectivity index (χ0n) is 10.4. The van der Waals surface area contributed by atoms with Gasteiger partial charge in [-0.25, -0.2) is 12.8 Å². The molecule has 0 unspecified atom stereocenters. The SMILES string of the molecule is COc1ccc(S(=O)(=O)Nc2ccc(Cl)cc2F)cc1. The summed E-state index contributed by atoms with van der Waals surface area (Å²) in [5.74, 6) is -0.212. The van der Waals surface area contributed by atoms with Gasteiger partial charge in [0, 0.05) is 5.02 Å². The van der Waals surface area contributed by atoms with Gasteiger partial charge in [0.25, 0.3) is 10.0 Å². The first-order valence-electron chi connectivity index (χ1n) is 5.54. The zero-order valence-corrected chi connectivity index (χ0v) is 12.0. The van der Waals surface area contributed by atoms with Crippen molar-refractivity contribution in [3.63, 3.8) is 0 Å². The predicted molar refractivity (Wildman–Crippen MR) is 75.2 cm³/mol. The maximum atomic E-state index is 13.6. The molecule has 0 heterocycles. The number of ether oxygens (including phenoxy) is 1. The van der Waals surface area contributed by atoms with Crippen LogP contribution in [0.1, 0.15) is 0 Å². The fourth-order valence-corrected chi connectivity index (χ4v) is 2.76. The van der Waals surface area contributed by atoms with Crippen molar-refractivity contribution in [1.29, 1.82) is 0 Å². The molecule has 20 heavy (non-hydrogen) atoms. The summed E-state index contributed by atoms with van der Waals surface area (Å²) >= 11 is 5.61. The summed E-state index contributed by atoms with van der Waals surface area (Å²) in [7, 11) is -2.39. The molecule has 0 fully saturated rings. The molecule has 0 aliphatic carbocycles. The molecule has 2 aromatic carbocycles. The number of nitrogens with one attached hydrogen (secondary N) is 1. The summed E-state index contributed by atoms with van der Waals surface area (Å²) in [6.45, 7) is 0. The molecule has 0 atom stereocenters. The van der Waals surface area contributed by atoms with E-state index in [9.17, 15) is 12.8 Å². The van der Waals surface area contributed by atoms with Crippen molar-refractivity contribution in [2.45, 2.75) is 4.90 Å². The highest BCUT2D eigenvalue weighted by molar-refractivity contribution is 7.92. The average Bonchev–Trinajstić information content (AvgIpc) is 2.42. The van der Waals surface area contributed by atoms with E-state index in [2.05, 4.69) is 4.72 Å². The fraction of sp³-hybridized carbons (Fsp3) is 0.0769. The molecular formula is C13H11ClFNO3S. The Balaban J connectivity index is 2.30. The minimum Gasteiger partial charge on any atom is -0.497 e. The van der Waals surface area contributed by atoms with Crippen LogP contribution < -0.4 is 9.46 Å². The van der Waals surface area contributed by atoms with E-state index in [1.165, 1.54) is 43.5 Å². The third-order valence-electron chi connectivity index (χ3n) is 2.55. The largest absolute Gasteiger partial charge is 0.497 e. The van der Waals surface area contributed by atoms with Gasteiger partial charge in [0.1, 0.15) is 11.6 Å². The molecule has 0 aliphatic rings. The van der Waals surface area contributed by atoms with Crippen LogP contribution in [0.5, 0.6) is 5.75 Å². The quantitative estimate of drug-likeness (QED) is 0.942. The average molecular weight is 316 g/mol. The molecule has 2 rings (SSSR count). The van der Waals surface area contributed by atoms with Crippen molar-refractivity contribution >= 4 is 27.3 Å². The second-order valence-corrected chi connectivity index (χ2v) is 6.02. The maximum Gasteiger partial charge on any atom is 0.261 e. The molecule has 0 aliphatic heterocycles. The molecule has 2 aromatic rings. The van der Waals surface area contributed by atoms with E-state index >= 15 is 0 Å². The van der Waals surface area contributed by atoms with Gasteiger partial charge in [-0.1, -0.05) is 11.6 Å². The van der Waals surface area contributed by atoms with Gasteiger partial charge >= 0.3 is 0 Å². The Hall–Kier alpha value is -1.79. The van der Waals surface area contributed by atoms with E-state index in [-0.39, 0.29) is 15.6 Å². The molecule has 0 aromatic heterocycles. The number of sulfonamides is 1. The molecule has 4 nitrogen and oxygen atoms in total. The molecule has 106 valence electrons. The summed E-state index contributed by atoms with van der Waals surface area (Å²) in [5, 5.41) is 0.190. The first-order chi connectivity index (χ1) is 9.42. The van der Waals surface area contributed by atoms with E-state index in [0.29, 0.717) is 5.75 Å². The molecule has 0 spiro atoms. The van der Waals surface area contributed by atoms with E-state index in [1.807, 2.05) is 0 Å². The molecule has 0 saturated carbocycles. The minimum absolute atomic E-state index is 0.00708. The minimum atomic E-state index is -3.86. The van der Waals surface area contributed by atoms with Crippen molar-refractivity contribution in [3.05, 3.63) is 53.3 Å². The molecule has 0 saturated heterocycles. The van der Waals surface area contributed by atoms with Gasteiger partial charge in [0.05, 0.1) is 17.7 Å². The predicted octanol–water partition coefficient (Wildman–Crippen LogP) is 3.29. The Bertz CT molecular complexity index is 717.